The lowest BCUT2D eigenvalue weighted by Gasteiger charge is -2.34. The number of halogens is 1. The number of aromatic nitrogens is 1. The van der Waals surface area contributed by atoms with E-state index in [9.17, 15) is 4.79 Å². The number of hydrogen-bond donors (Lipinski definition) is 1. The number of nitrogens with zero attached hydrogens (tertiary/aromatic N) is 2. The Kier molecular flexibility index (Phi) is 3.79. The topological polar surface area (TPSA) is 59.2 Å². The zero-order valence-corrected chi connectivity index (χ0v) is 11.4. The third-order valence-electron chi connectivity index (χ3n) is 3.25. The summed E-state index contributed by atoms with van der Waals surface area (Å²) >= 11 is 3.30. The summed E-state index contributed by atoms with van der Waals surface area (Å²) in [7, 11) is 0. The molecule has 0 bridgehead atoms. The second-order valence-corrected chi connectivity index (χ2v) is 5.46. The second-order valence-electron chi connectivity index (χ2n) is 4.54. The molecule has 5 heteroatoms. The molecule has 2 N–H and O–H groups in total. The number of hydrogen-bond acceptors (Lipinski definition) is 3. The van der Waals surface area contributed by atoms with Gasteiger partial charge < -0.3 is 10.6 Å². The Morgan fingerprint density at radius 1 is 1.59 bits per heavy atom. The van der Waals surface area contributed by atoms with Gasteiger partial charge in [-0.1, -0.05) is 6.92 Å². The van der Waals surface area contributed by atoms with Crippen molar-refractivity contribution in [2.24, 2.45) is 11.7 Å². The average molecular weight is 298 g/mol. The summed E-state index contributed by atoms with van der Waals surface area (Å²) in [6.45, 7) is 3.52. The van der Waals surface area contributed by atoms with E-state index in [1.54, 1.807) is 17.2 Å². The fourth-order valence-electron chi connectivity index (χ4n) is 1.95. The minimum atomic E-state index is -0.0279. The largest absolute Gasteiger partial charge is 0.336 e. The summed E-state index contributed by atoms with van der Waals surface area (Å²) in [4.78, 5) is 18.1. The number of amides is 1. The molecule has 0 saturated carbocycles. The lowest BCUT2D eigenvalue weighted by atomic mass is 9.94. The van der Waals surface area contributed by atoms with E-state index in [-0.39, 0.29) is 11.9 Å². The van der Waals surface area contributed by atoms with Crippen molar-refractivity contribution in [1.29, 1.82) is 0 Å². The van der Waals surface area contributed by atoms with Gasteiger partial charge in [-0.3, -0.25) is 4.79 Å². The van der Waals surface area contributed by atoms with Gasteiger partial charge in [-0.15, -0.1) is 0 Å². The van der Waals surface area contributed by atoms with Gasteiger partial charge in [0.05, 0.1) is 0 Å². The highest BCUT2D eigenvalue weighted by Gasteiger charge is 2.27. The Labute approximate surface area is 109 Å². The molecule has 0 radical (unpaired) electrons. The number of likely N-dealkylation sites (tertiary alicyclic amines) is 1. The van der Waals surface area contributed by atoms with Crippen molar-refractivity contribution in [3.63, 3.8) is 0 Å². The van der Waals surface area contributed by atoms with Crippen molar-refractivity contribution in [2.45, 2.75) is 19.4 Å². The van der Waals surface area contributed by atoms with Crippen LogP contribution in [-0.4, -0.2) is 34.9 Å². The van der Waals surface area contributed by atoms with E-state index in [2.05, 4.69) is 27.8 Å². The lowest BCUT2D eigenvalue weighted by Crippen LogP contribution is -2.49. The molecule has 1 aliphatic rings. The highest BCUT2D eigenvalue weighted by molar-refractivity contribution is 9.10. The van der Waals surface area contributed by atoms with E-state index in [1.165, 1.54) is 0 Å². The zero-order chi connectivity index (χ0) is 12.4. The number of nitrogens with two attached hydrogens (primary N) is 1. The molecular formula is C12H16BrN3O. The van der Waals surface area contributed by atoms with Crippen molar-refractivity contribution in [3.8, 4) is 0 Å². The van der Waals surface area contributed by atoms with E-state index >= 15 is 0 Å². The van der Waals surface area contributed by atoms with Crippen LogP contribution in [-0.2, 0) is 0 Å². The van der Waals surface area contributed by atoms with E-state index < -0.39 is 0 Å². The SMILES string of the molecule is CC1CCN(C(=O)c2ccc(Br)cn2)CC1N. The van der Waals surface area contributed by atoms with Crippen LogP contribution in [0.25, 0.3) is 0 Å². The maximum absolute atomic E-state index is 12.2. The fourth-order valence-corrected chi connectivity index (χ4v) is 2.18. The maximum Gasteiger partial charge on any atom is 0.272 e. The fraction of sp³-hybridized carbons (Fsp3) is 0.500. The Bertz CT molecular complexity index is 407. The zero-order valence-electron chi connectivity index (χ0n) is 9.77. The first-order valence-electron chi connectivity index (χ1n) is 5.74. The first kappa shape index (κ1) is 12.5. The number of rotatable bonds is 1. The van der Waals surface area contributed by atoms with Gasteiger partial charge in [-0.2, -0.15) is 0 Å². The van der Waals surface area contributed by atoms with E-state index in [0.29, 0.717) is 18.2 Å². The van der Waals surface area contributed by atoms with E-state index in [0.717, 1.165) is 17.4 Å². The van der Waals surface area contributed by atoms with Crippen LogP contribution in [0.4, 0.5) is 0 Å². The predicted molar refractivity (Wildman–Crippen MR) is 69.6 cm³/mol. The van der Waals surface area contributed by atoms with Gasteiger partial charge in [0.2, 0.25) is 0 Å². The number of piperidine rings is 1. The minimum Gasteiger partial charge on any atom is -0.336 e. The van der Waals surface area contributed by atoms with Crippen molar-refractivity contribution in [1.82, 2.24) is 9.88 Å². The van der Waals surface area contributed by atoms with Crippen LogP contribution in [0.3, 0.4) is 0 Å². The van der Waals surface area contributed by atoms with Crippen molar-refractivity contribution < 1.29 is 4.79 Å². The molecule has 2 unspecified atom stereocenters. The molecule has 1 aromatic heterocycles. The third kappa shape index (κ3) is 2.84. The molecule has 2 heterocycles. The predicted octanol–water partition coefficient (Wildman–Crippen LogP) is 1.65. The number of pyridine rings is 1. The molecule has 1 fully saturated rings. The second kappa shape index (κ2) is 5.14. The van der Waals surface area contributed by atoms with Crippen LogP contribution in [0.2, 0.25) is 0 Å². The van der Waals surface area contributed by atoms with Crippen molar-refractivity contribution in [2.75, 3.05) is 13.1 Å². The van der Waals surface area contributed by atoms with E-state index in [1.807, 2.05) is 6.07 Å². The molecule has 1 aliphatic heterocycles. The molecule has 1 amide bonds. The summed E-state index contributed by atoms with van der Waals surface area (Å²) in [5.41, 5.74) is 6.47. The summed E-state index contributed by atoms with van der Waals surface area (Å²) < 4.78 is 0.873. The molecule has 92 valence electrons. The normalized spacial score (nSPS) is 24.8. The van der Waals surface area contributed by atoms with Gasteiger partial charge in [0.15, 0.2) is 0 Å². The minimum absolute atomic E-state index is 0.0279. The van der Waals surface area contributed by atoms with Gasteiger partial charge in [-0.25, -0.2) is 4.98 Å². The van der Waals surface area contributed by atoms with Crippen LogP contribution in [0.1, 0.15) is 23.8 Å². The molecular weight excluding hydrogens is 282 g/mol. The monoisotopic (exact) mass is 297 g/mol. The van der Waals surface area contributed by atoms with Gasteiger partial charge in [0, 0.05) is 29.8 Å². The van der Waals surface area contributed by atoms with Gasteiger partial charge in [0.25, 0.3) is 5.91 Å². The summed E-state index contributed by atoms with van der Waals surface area (Å²) in [6.07, 6.45) is 2.60. The van der Waals surface area contributed by atoms with Gasteiger partial charge in [-0.05, 0) is 40.4 Å². The smallest absolute Gasteiger partial charge is 0.272 e. The Hall–Kier alpha value is -0.940. The lowest BCUT2D eigenvalue weighted by molar-refractivity contribution is 0.0666. The Morgan fingerprint density at radius 3 is 2.94 bits per heavy atom. The quantitative estimate of drug-likeness (QED) is 0.857. The van der Waals surface area contributed by atoms with Crippen LogP contribution >= 0.6 is 15.9 Å². The number of carbonyl (C=O) groups is 1. The first-order valence-corrected chi connectivity index (χ1v) is 6.53. The summed E-state index contributed by atoms with van der Waals surface area (Å²) in [6, 6.07) is 3.63. The van der Waals surface area contributed by atoms with Crippen molar-refractivity contribution in [3.05, 3.63) is 28.5 Å². The van der Waals surface area contributed by atoms with Crippen LogP contribution in [0.15, 0.2) is 22.8 Å². The van der Waals surface area contributed by atoms with Crippen molar-refractivity contribution >= 4 is 21.8 Å². The highest BCUT2D eigenvalue weighted by atomic mass is 79.9. The molecule has 2 rings (SSSR count). The highest BCUT2D eigenvalue weighted by Crippen LogP contribution is 2.17. The molecule has 1 saturated heterocycles. The molecule has 0 aromatic carbocycles. The molecule has 0 spiro atoms. The molecule has 2 atom stereocenters. The van der Waals surface area contributed by atoms with Crippen LogP contribution in [0.5, 0.6) is 0 Å². The molecule has 4 nitrogen and oxygen atoms in total. The van der Waals surface area contributed by atoms with E-state index in [4.69, 9.17) is 5.73 Å². The maximum atomic E-state index is 12.2. The first-order chi connectivity index (χ1) is 8.08. The average Bonchev–Trinajstić information content (AvgIpc) is 2.33. The molecule has 0 aliphatic carbocycles. The standard InChI is InChI=1S/C12H16BrN3O/c1-8-4-5-16(7-10(8)14)12(17)11-3-2-9(13)6-15-11/h2-3,6,8,10H,4-5,7,14H2,1H3. The van der Waals surface area contributed by atoms with Crippen LogP contribution < -0.4 is 5.73 Å². The molecule has 17 heavy (non-hydrogen) atoms. The number of carbonyl (C=O) groups excluding carboxylic acids is 1. The summed E-state index contributed by atoms with van der Waals surface area (Å²) in [5.74, 6) is 0.455. The molecule has 1 aromatic rings. The Balaban J connectivity index is 2.08. The Morgan fingerprint density at radius 2 is 2.35 bits per heavy atom. The van der Waals surface area contributed by atoms with Gasteiger partial charge >= 0.3 is 0 Å². The third-order valence-corrected chi connectivity index (χ3v) is 3.72. The van der Waals surface area contributed by atoms with Gasteiger partial charge in [0.1, 0.15) is 5.69 Å². The summed E-state index contributed by atoms with van der Waals surface area (Å²) in [5, 5.41) is 0. The van der Waals surface area contributed by atoms with Crippen LogP contribution in [0, 0.1) is 5.92 Å².